The van der Waals surface area contributed by atoms with Crippen LogP contribution < -0.4 is 15.4 Å². The Morgan fingerprint density at radius 3 is 2.48 bits per heavy atom. The topological polar surface area (TPSA) is 95.2 Å². The van der Waals surface area contributed by atoms with Crippen molar-refractivity contribution in [2.75, 3.05) is 39.3 Å². The van der Waals surface area contributed by atoms with Crippen LogP contribution in [0.2, 0.25) is 0 Å². The number of halogens is 4. The molecule has 46 heavy (non-hydrogen) atoms. The maximum atomic E-state index is 14.4. The molecule has 0 radical (unpaired) electrons. The number of H-pyrrole nitrogens is 1. The monoisotopic (exact) mass is 634 g/mol. The Bertz CT molecular complexity index is 1720. The Hall–Kier alpha value is -4.55. The molecule has 2 aliphatic rings. The second-order valence-electron chi connectivity index (χ2n) is 11.6. The zero-order valence-corrected chi connectivity index (χ0v) is 25.0. The van der Waals surface area contributed by atoms with E-state index < -0.39 is 18.5 Å². The number of amides is 1. The van der Waals surface area contributed by atoms with Gasteiger partial charge in [0.25, 0.3) is 0 Å². The minimum Gasteiger partial charge on any atom is -0.476 e. The normalized spacial score (nSPS) is 16.9. The van der Waals surface area contributed by atoms with Gasteiger partial charge in [-0.15, -0.1) is 5.10 Å². The number of carbonyl (C=O) groups excluding carboxylic acids is 1. The van der Waals surface area contributed by atoms with Crippen molar-refractivity contribution in [3.05, 3.63) is 102 Å². The van der Waals surface area contributed by atoms with Crippen LogP contribution in [-0.2, 0) is 4.79 Å². The van der Waals surface area contributed by atoms with E-state index in [9.17, 15) is 22.4 Å². The van der Waals surface area contributed by atoms with Crippen molar-refractivity contribution < 1.29 is 27.1 Å². The lowest BCUT2D eigenvalue weighted by atomic mass is 9.88. The van der Waals surface area contributed by atoms with E-state index in [0.29, 0.717) is 54.3 Å². The first-order valence-corrected chi connectivity index (χ1v) is 15.2. The van der Waals surface area contributed by atoms with Crippen LogP contribution in [0.1, 0.15) is 36.0 Å². The molecule has 1 saturated carbocycles. The molecule has 1 aliphatic carbocycles. The van der Waals surface area contributed by atoms with Crippen molar-refractivity contribution in [1.82, 2.24) is 30.7 Å². The Morgan fingerprint density at radius 1 is 1.02 bits per heavy atom. The summed E-state index contributed by atoms with van der Waals surface area (Å²) in [6.45, 7) is 3.87. The molecule has 1 aliphatic heterocycles. The van der Waals surface area contributed by atoms with E-state index in [4.69, 9.17) is 4.74 Å². The Labute approximate surface area is 263 Å². The summed E-state index contributed by atoms with van der Waals surface area (Å²) >= 11 is 0. The molecule has 1 saturated heterocycles. The van der Waals surface area contributed by atoms with Crippen molar-refractivity contribution >= 4 is 28.0 Å². The maximum absolute atomic E-state index is 14.4. The molecule has 2 fully saturated rings. The Balaban J connectivity index is 1.21. The van der Waals surface area contributed by atoms with Crippen LogP contribution in [0.15, 0.2) is 79.0 Å². The number of hydrogen-bond acceptors (Lipinski definition) is 6. The first-order chi connectivity index (χ1) is 22.2. The van der Waals surface area contributed by atoms with Crippen molar-refractivity contribution in [2.45, 2.75) is 31.0 Å². The predicted molar refractivity (Wildman–Crippen MR) is 167 cm³/mol. The van der Waals surface area contributed by atoms with Gasteiger partial charge in [-0.05, 0) is 53.3 Å². The number of carbonyl (C=O) groups is 1. The first-order valence-electron chi connectivity index (χ1n) is 15.2. The van der Waals surface area contributed by atoms with Crippen LogP contribution in [0.5, 0.6) is 5.88 Å². The van der Waals surface area contributed by atoms with Gasteiger partial charge in [-0.3, -0.25) is 9.89 Å². The molecule has 12 heteroatoms. The first kappa shape index (κ1) is 31.4. The van der Waals surface area contributed by atoms with Gasteiger partial charge in [-0.1, -0.05) is 42.5 Å². The van der Waals surface area contributed by atoms with Gasteiger partial charge in [0.2, 0.25) is 17.7 Å². The average Bonchev–Trinajstić information content (AvgIpc) is 3.75. The minimum absolute atomic E-state index is 0.00239. The fourth-order valence-electron chi connectivity index (χ4n) is 5.60. The molecule has 2 aromatic heterocycles. The highest BCUT2D eigenvalue weighted by Crippen LogP contribution is 2.40. The van der Waals surface area contributed by atoms with Crippen molar-refractivity contribution in [3.63, 3.8) is 0 Å². The highest BCUT2D eigenvalue weighted by atomic mass is 19.4. The second-order valence-corrected chi connectivity index (χ2v) is 11.6. The van der Waals surface area contributed by atoms with Gasteiger partial charge in [0.1, 0.15) is 6.61 Å². The number of alkyl halides is 3. The number of nitrogens with zero attached hydrogens (tertiary/aromatic N) is 3. The van der Waals surface area contributed by atoms with Gasteiger partial charge >= 0.3 is 6.18 Å². The van der Waals surface area contributed by atoms with Crippen LogP contribution >= 0.6 is 0 Å². The molecule has 1 amide bonds. The molecule has 0 unspecified atom stereocenters. The molecular weight excluding hydrogens is 600 g/mol. The Morgan fingerprint density at radius 2 is 1.78 bits per heavy atom. The van der Waals surface area contributed by atoms with E-state index in [2.05, 4.69) is 25.8 Å². The summed E-state index contributed by atoms with van der Waals surface area (Å²) in [7, 11) is 0. The van der Waals surface area contributed by atoms with Crippen molar-refractivity contribution in [2.24, 2.45) is 0 Å². The van der Waals surface area contributed by atoms with Gasteiger partial charge in [0.15, 0.2) is 0 Å². The fourth-order valence-corrected chi connectivity index (χ4v) is 5.60. The summed E-state index contributed by atoms with van der Waals surface area (Å²) in [4.78, 5) is 18.6. The van der Waals surface area contributed by atoms with E-state index >= 15 is 0 Å². The molecule has 6 rings (SSSR count). The Kier molecular flexibility index (Phi) is 9.18. The highest BCUT2D eigenvalue weighted by Gasteiger charge is 2.43. The number of hydrogen-bond donors (Lipinski definition) is 3. The number of piperazine rings is 1. The van der Waals surface area contributed by atoms with Crippen LogP contribution in [-0.4, -0.2) is 77.0 Å². The zero-order valence-electron chi connectivity index (χ0n) is 25.0. The molecule has 0 spiro atoms. The second kappa shape index (κ2) is 13.4. The highest BCUT2D eigenvalue weighted by molar-refractivity contribution is 6.00. The molecule has 8 nitrogen and oxygen atoms in total. The lowest BCUT2D eigenvalue weighted by molar-refractivity contribution is -0.126. The van der Waals surface area contributed by atoms with Gasteiger partial charge in [-0.2, -0.15) is 17.6 Å². The molecule has 0 atom stereocenters. The van der Waals surface area contributed by atoms with Gasteiger partial charge in [-0.25, -0.2) is 4.98 Å². The smallest absolute Gasteiger partial charge is 0.393 e. The fraction of sp³-hybridized carbons (Fsp3) is 0.324. The summed E-state index contributed by atoms with van der Waals surface area (Å²) < 4.78 is 62.4. The molecule has 4 aromatic rings. The van der Waals surface area contributed by atoms with E-state index in [-0.39, 0.29) is 28.0 Å². The molecule has 2 aromatic carbocycles. The number of nitrogens with one attached hydrogen (secondary N) is 3. The summed E-state index contributed by atoms with van der Waals surface area (Å²) in [5.41, 5.74) is 1.75. The van der Waals surface area contributed by atoms with E-state index in [1.54, 1.807) is 60.7 Å². The SMILES string of the molecule is O=C(/C=C/CNC1(COc2ccc(/C(=C(/CC(F)(F)F)c3ccccc3)c3ccc4[nH]nc(F)c4c3)cn2)CC1)N1CCNCC1. The van der Waals surface area contributed by atoms with Crippen molar-refractivity contribution in [1.29, 1.82) is 0 Å². The maximum Gasteiger partial charge on any atom is 0.393 e. The quantitative estimate of drug-likeness (QED) is 0.115. The number of fused-ring (bicyclic) bond motifs is 1. The third-order valence-electron chi connectivity index (χ3n) is 8.27. The van der Waals surface area contributed by atoms with Crippen LogP contribution in [0.3, 0.4) is 0 Å². The number of pyridine rings is 1. The molecule has 240 valence electrons. The molecule has 3 N–H and O–H groups in total. The van der Waals surface area contributed by atoms with Gasteiger partial charge in [0.05, 0.1) is 22.9 Å². The predicted octanol–water partition coefficient (Wildman–Crippen LogP) is 5.50. The largest absolute Gasteiger partial charge is 0.476 e. The lowest BCUT2D eigenvalue weighted by Gasteiger charge is -2.26. The lowest BCUT2D eigenvalue weighted by Crippen LogP contribution is -2.45. The summed E-state index contributed by atoms with van der Waals surface area (Å²) in [5.74, 6) is -0.406. The average molecular weight is 635 g/mol. The third kappa shape index (κ3) is 7.63. The number of aromatic amines is 1. The number of aromatic nitrogens is 3. The third-order valence-corrected chi connectivity index (χ3v) is 8.27. The summed E-state index contributed by atoms with van der Waals surface area (Å²) in [6, 6.07) is 16.4. The molecule has 0 bridgehead atoms. The van der Waals surface area contributed by atoms with E-state index in [1.807, 2.05) is 11.0 Å². The number of ether oxygens (including phenoxy) is 1. The van der Waals surface area contributed by atoms with Crippen LogP contribution in [0.25, 0.3) is 22.0 Å². The van der Waals surface area contributed by atoms with Gasteiger partial charge in [0, 0.05) is 56.6 Å². The van der Waals surface area contributed by atoms with Crippen LogP contribution in [0.4, 0.5) is 17.6 Å². The van der Waals surface area contributed by atoms with Crippen molar-refractivity contribution in [3.8, 4) is 5.88 Å². The standard InChI is InChI=1S/C34H34F4N6O2/c35-32-26-19-24(8-10-28(26)42-43-32)31(27(20-34(36,37)38)23-5-2-1-3-6-23)25-9-11-29(40-21-25)46-22-33(12-13-33)41-14-4-7-30(45)44-17-15-39-16-18-44/h1-11,19,21,39,41H,12-18,20,22H2,(H,42,43)/b7-4+,31-27-. The zero-order chi connectivity index (χ0) is 32.1. The number of allylic oxidation sites excluding steroid dienone is 1. The summed E-state index contributed by atoms with van der Waals surface area (Å²) in [5, 5.41) is 13.0. The van der Waals surface area contributed by atoms with E-state index in [0.717, 1.165) is 25.9 Å². The van der Waals surface area contributed by atoms with Gasteiger partial charge < -0.3 is 20.3 Å². The molecular formula is C34H34F4N6O2. The van der Waals surface area contributed by atoms with E-state index in [1.165, 1.54) is 12.3 Å². The van der Waals surface area contributed by atoms with Crippen LogP contribution in [0, 0.1) is 5.95 Å². The minimum atomic E-state index is -4.50. The number of rotatable bonds is 11. The number of benzene rings is 2. The molecule has 3 heterocycles. The summed E-state index contributed by atoms with van der Waals surface area (Å²) in [6.07, 6.45) is 1.02.